The zero-order valence-corrected chi connectivity index (χ0v) is 16.4. The Hall–Kier alpha value is -2.67. The second-order valence-electron chi connectivity index (χ2n) is 7.31. The summed E-state index contributed by atoms with van der Waals surface area (Å²) in [5.74, 6) is 1.30. The lowest BCUT2D eigenvalue weighted by Crippen LogP contribution is -2.49. The van der Waals surface area contributed by atoms with E-state index in [9.17, 15) is 4.79 Å². The number of anilines is 2. The molecule has 7 nitrogen and oxygen atoms in total. The monoisotopic (exact) mass is 368 g/mol. The van der Waals surface area contributed by atoms with E-state index in [1.165, 1.54) is 5.56 Å². The quantitative estimate of drug-likeness (QED) is 0.755. The minimum atomic E-state index is -0.200. The number of nitrogens with zero attached hydrogens (tertiary/aromatic N) is 3. The van der Waals surface area contributed by atoms with Crippen molar-refractivity contribution in [2.45, 2.75) is 38.8 Å². The van der Waals surface area contributed by atoms with Crippen LogP contribution in [0.25, 0.3) is 0 Å². The highest BCUT2D eigenvalue weighted by molar-refractivity contribution is 5.89. The molecule has 2 aromatic rings. The Kier molecular flexibility index (Phi) is 5.91. The van der Waals surface area contributed by atoms with Crippen LogP contribution in [-0.2, 0) is 0 Å². The van der Waals surface area contributed by atoms with Crippen molar-refractivity contribution in [2.75, 3.05) is 30.4 Å². The fourth-order valence-electron chi connectivity index (χ4n) is 3.28. The standard InChI is InChI=1S/C20H28N6O/c1-13(2)15-6-8-16(9-7-15)22-20(27)23-18-12-26(11-17(18)21-4)19-10-5-14(3)24-25-19/h5-10,13,17-18,21H,11-12H2,1-4H3,(H2,22,23,27)/t17-,18+/m0/s1. The predicted octanol–water partition coefficient (Wildman–Crippen LogP) is 2.51. The molecular weight excluding hydrogens is 340 g/mol. The third-order valence-corrected chi connectivity index (χ3v) is 4.95. The van der Waals surface area contributed by atoms with Crippen molar-refractivity contribution in [3.05, 3.63) is 47.7 Å². The van der Waals surface area contributed by atoms with Crippen LogP contribution in [0.1, 0.15) is 31.0 Å². The number of amides is 2. The molecule has 144 valence electrons. The molecule has 0 bridgehead atoms. The Balaban J connectivity index is 1.59. The van der Waals surface area contributed by atoms with E-state index in [4.69, 9.17) is 0 Å². The topological polar surface area (TPSA) is 82.2 Å². The largest absolute Gasteiger partial charge is 0.351 e. The number of urea groups is 1. The van der Waals surface area contributed by atoms with Crippen LogP contribution in [0.5, 0.6) is 0 Å². The number of nitrogens with one attached hydrogen (secondary N) is 3. The summed E-state index contributed by atoms with van der Waals surface area (Å²) < 4.78 is 0. The highest BCUT2D eigenvalue weighted by Gasteiger charge is 2.33. The summed E-state index contributed by atoms with van der Waals surface area (Å²) in [6.45, 7) is 7.67. The summed E-state index contributed by atoms with van der Waals surface area (Å²) in [4.78, 5) is 14.6. The third-order valence-electron chi connectivity index (χ3n) is 4.95. The van der Waals surface area contributed by atoms with Gasteiger partial charge in [-0.25, -0.2) is 4.79 Å². The number of likely N-dealkylation sites (N-methyl/N-ethyl adjacent to an activating group) is 1. The number of hydrogen-bond donors (Lipinski definition) is 3. The third kappa shape index (κ3) is 4.74. The summed E-state index contributed by atoms with van der Waals surface area (Å²) in [6.07, 6.45) is 0. The molecule has 0 aliphatic carbocycles. The Morgan fingerprint density at radius 1 is 1.07 bits per heavy atom. The summed E-state index contributed by atoms with van der Waals surface area (Å²) in [5, 5.41) is 17.7. The molecule has 1 aliphatic heterocycles. The molecule has 27 heavy (non-hydrogen) atoms. The van der Waals surface area contributed by atoms with E-state index in [0.29, 0.717) is 12.5 Å². The molecular formula is C20H28N6O. The molecule has 1 aliphatic rings. The first-order valence-electron chi connectivity index (χ1n) is 9.36. The minimum absolute atomic E-state index is 0.0203. The first kappa shape index (κ1) is 19.1. The molecule has 2 atom stereocenters. The molecule has 0 saturated carbocycles. The van der Waals surface area contributed by atoms with Crippen LogP contribution in [0.2, 0.25) is 0 Å². The van der Waals surface area contributed by atoms with Crippen LogP contribution in [-0.4, -0.2) is 48.4 Å². The van der Waals surface area contributed by atoms with Gasteiger partial charge in [-0.15, -0.1) is 5.10 Å². The van der Waals surface area contributed by atoms with Gasteiger partial charge in [0.25, 0.3) is 0 Å². The number of aromatic nitrogens is 2. The zero-order valence-electron chi connectivity index (χ0n) is 16.4. The highest BCUT2D eigenvalue weighted by atomic mass is 16.2. The average Bonchev–Trinajstić information content (AvgIpc) is 3.05. The lowest BCUT2D eigenvalue weighted by molar-refractivity contribution is 0.247. The number of carbonyl (C=O) groups excluding carboxylic acids is 1. The number of benzene rings is 1. The maximum atomic E-state index is 12.4. The van der Waals surface area contributed by atoms with Crippen molar-refractivity contribution in [1.29, 1.82) is 0 Å². The van der Waals surface area contributed by atoms with Crippen LogP contribution >= 0.6 is 0 Å². The molecule has 1 aromatic carbocycles. The summed E-state index contributed by atoms with van der Waals surface area (Å²) in [5.41, 5.74) is 2.93. The van der Waals surface area contributed by atoms with E-state index < -0.39 is 0 Å². The van der Waals surface area contributed by atoms with Gasteiger partial charge in [-0.1, -0.05) is 26.0 Å². The fourth-order valence-corrected chi connectivity index (χ4v) is 3.28. The molecule has 1 saturated heterocycles. The Morgan fingerprint density at radius 3 is 2.37 bits per heavy atom. The molecule has 0 unspecified atom stereocenters. The number of rotatable bonds is 5. The van der Waals surface area contributed by atoms with Crippen LogP contribution in [0.3, 0.4) is 0 Å². The number of carbonyl (C=O) groups is 1. The van der Waals surface area contributed by atoms with Gasteiger partial charge in [-0.05, 0) is 49.7 Å². The van der Waals surface area contributed by atoms with E-state index in [1.807, 2.05) is 50.4 Å². The fraction of sp³-hybridized carbons (Fsp3) is 0.450. The summed E-state index contributed by atoms with van der Waals surface area (Å²) in [6, 6.07) is 11.8. The number of aryl methyl sites for hydroxylation is 1. The Bertz CT molecular complexity index is 759. The zero-order chi connectivity index (χ0) is 19.4. The van der Waals surface area contributed by atoms with E-state index in [2.05, 4.69) is 44.9 Å². The van der Waals surface area contributed by atoms with Gasteiger partial charge in [-0.3, -0.25) is 0 Å². The molecule has 7 heteroatoms. The highest BCUT2D eigenvalue weighted by Crippen LogP contribution is 2.19. The first-order valence-corrected chi connectivity index (χ1v) is 9.36. The SMILES string of the molecule is CN[C@H]1CN(c2ccc(C)nn2)C[C@H]1NC(=O)Nc1ccc(C(C)C)cc1. The average molecular weight is 368 g/mol. The van der Waals surface area contributed by atoms with Crippen LogP contribution < -0.4 is 20.9 Å². The lowest BCUT2D eigenvalue weighted by Gasteiger charge is -2.19. The van der Waals surface area contributed by atoms with Crippen molar-refractivity contribution < 1.29 is 4.79 Å². The normalized spacial score (nSPS) is 19.4. The second kappa shape index (κ2) is 8.35. The first-order chi connectivity index (χ1) is 13.0. The van der Waals surface area contributed by atoms with E-state index >= 15 is 0 Å². The Labute approximate surface area is 160 Å². The van der Waals surface area contributed by atoms with E-state index in [-0.39, 0.29) is 18.1 Å². The van der Waals surface area contributed by atoms with Crippen LogP contribution in [0, 0.1) is 6.92 Å². The van der Waals surface area contributed by atoms with Crippen molar-refractivity contribution in [1.82, 2.24) is 20.8 Å². The molecule has 1 aromatic heterocycles. The maximum Gasteiger partial charge on any atom is 0.319 e. The van der Waals surface area contributed by atoms with Gasteiger partial charge in [0.1, 0.15) is 0 Å². The van der Waals surface area contributed by atoms with Gasteiger partial charge in [0.2, 0.25) is 0 Å². The van der Waals surface area contributed by atoms with Gasteiger partial charge in [0, 0.05) is 24.8 Å². The van der Waals surface area contributed by atoms with Gasteiger partial charge < -0.3 is 20.9 Å². The smallest absolute Gasteiger partial charge is 0.319 e. The van der Waals surface area contributed by atoms with E-state index in [0.717, 1.165) is 23.7 Å². The lowest BCUT2D eigenvalue weighted by atomic mass is 10.0. The summed E-state index contributed by atoms with van der Waals surface area (Å²) in [7, 11) is 1.91. The summed E-state index contributed by atoms with van der Waals surface area (Å²) >= 11 is 0. The van der Waals surface area contributed by atoms with Crippen LogP contribution in [0.15, 0.2) is 36.4 Å². The van der Waals surface area contributed by atoms with Crippen molar-refractivity contribution in [3.63, 3.8) is 0 Å². The molecule has 1 fully saturated rings. The van der Waals surface area contributed by atoms with Crippen molar-refractivity contribution >= 4 is 17.5 Å². The molecule has 3 N–H and O–H groups in total. The van der Waals surface area contributed by atoms with Crippen molar-refractivity contribution in [2.24, 2.45) is 0 Å². The Morgan fingerprint density at radius 2 is 1.78 bits per heavy atom. The molecule has 0 spiro atoms. The van der Waals surface area contributed by atoms with Gasteiger partial charge >= 0.3 is 6.03 Å². The molecule has 2 heterocycles. The van der Waals surface area contributed by atoms with Gasteiger partial charge in [0.05, 0.1) is 11.7 Å². The molecule has 2 amide bonds. The van der Waals surface area contributed by atoms with Gasteiger partial charge in [-0.2, -0.15) is 5.10 Å². The predicted molar refractivity (Wildman–Crippen MR) is 108 cm³/mol. The van der Waals surface area contributed by atoms with Crippen LogP contribution in [0.4, 0.5) is 16.3 Å². The maximum absolute atomic E-state index is 12.4. The van der Waals surface area contributed by atoms with Crippen molar-refractivity contribution in [3.8, 4) is 0 Å². The minimum Gasteiger partial charge on any atom is -0.351 e. The van der Waals surface area contributed by atoms with Gasteiger partial charge in [0.15, 0.2) is 5.82 Å². The molecule has 3 rings (SSSR count). The second-order valence-corrected chi connectivity index (χ2v) is 7.31. The molecule has 0 radical (unpaired) electrons. The van der Waals surface area contributed by atoms with E-state index in [1.54, 1.807) is 0 Å². The number of hydrogen-bond acceptors (Lipinski definition) is 5.